The molecule has 92 valence electrons. The molecule has 0 heterocycles. The number of carbonyl (C=O) groups excluding carboxylic acids is 1. The molecule has 0 saturated carbocycles. The number of hydrogen-bond donors (Lipinski definition) is 2. The van der Waals surface area contributed by atoms with Crippen molar-refractivity contribution in [2.24, 2.45) is 0 Å². The number of nitrogens with one attached hydrogen (secondary N) is 1. The van der Waals surface area contributed by atoms with Gasteiger partial charge in [0.05, 0.1) is 18.7 Å². The molecule has 0 bridgehead atoms. The predicted octanol–water partition coefficient (Wildman–Crippen LogP) is 1.04. The van der Waals surface area contributed by atoms with Gasteiger partial charge in [0.2, 0.25) is 0 Å². The Kier molecular flexibility index (Phi) is 5.16. The second-order valence-corrected chi connectivity index (χ2v) is 3.41. The lowest BCUT2D eigenvalue weighted by molar-refractivity contribution is -0.142. The highest BCUT2D eigenvalue weighted by atomic mass is 16.5. The lowest BCUT2D eigenvalue weighted by Crippen LogP contribution is -2.24. The van der Waals surface area contributed by atoms with Crippen LogP contribution in [-0.4, -0.2) is 30.2 Å². The number of benzene rings is 1. The van der Waals surface area contributed by atoms with E-state index in [0.29, 0.717) is 13.2 Å². The van der Waals surface area contributed by atoms with E-state index >= 15 is 0 Å². The highest BCUT2D eigenvalue weighted by molar-refractivity contribution is 5.87. The van der Waals surface area contributed by atoms with Crippen LogP contribution < -0.4 is 5.32 Å². The average molecular weight is 237 g/mol. The molecule has 0 aliphatic heterocycles. The van der Waals surface area contributed by atoms with Crippen molar-refractivity contribution in [3.63, 3.8) is 0 Å². The third-order valence-electron chi connectivity index (χ3n) is 2.08. The Bertz CT molecular complexity index is 403. The summed E-state index contributed by atoms with van der Waals surface area (Å²) < 4.78 is 4.75. The maximum Gasteiger partial charge on any atom is 0.335 e. The van der Waals surface area contributed by atoms with Crippen molar-refractivity contribution >= 4 is 11.9 Å². The minimum atomic E-state index is -0.961. The van der Waals surface area contributed by atoms with Crippen molar-refractivity contribution in [3.05, 3.63) is 35.4 Å². The maximum absolute atomic E-state index is 11.0. The number of carboxylic acid groups (broad SMARTS) is 1. The number of hydrogen-bond acceptors (Lipinski definition) is 4. The van der Waals surface area contributed by atoms with Crippen LogP contribution in [0.3, 0.4) is 0 Å². The van der Waals surface area contributed by atoms with Crippen molar-refractivity contribution in [2.75, 3.05) is 13.2 Å². The van der Waals surface area contributed by atoms with Gasteiger partial charge in [0.1, 0.15) is 0 Å². The van der Waals surface area contributed by atoms with E-state index in [4.69, 9.17) is 9.84 Å². The van der Waals surface area contributed by atoms with E-state index in [1.165, 1.54) is 6.07 Å². The molecule has 0 atom stereocenters. The summed E-state index contributed by atoms with van der Waals surface area (Å²) >= 11 is 0. The zero-order valence-corrected chi connectivity index (χ0v) is 9.60. The summed E-state index contributed by atoms with van der Waals surface area (Å²) in [6.45, 7) is 2.65. The van der Waals surface area contributed by atoms with Crippen LogP contribution >= 0.6 is 0 Å². The lowest BCUT2D eigenvalue weighted by atomic mass is 10.1. The molecule has 0 aromatic heterocycles. The van der Waals surface area contributed by atoms with E-state index in [-0.39, 0.29) is 18.1 Å². The largest absolute Gasteiger partial charge is 0.478 e. The molecule has 0 radical (unpaired) electrons. The molecular weight excluding hydrogens is 222 g/mol. The van der Waals surface area contributed by atoms with Gasteiger partial charge >= 0.3 is 11.9 Å². The standard InChI is InChI=1S/C12H15NO4/c1-2-17-11(14)8-13-7-9-4-3-5-10(6-9)12(15)16/h3-6,13H,2,7-8H2,1H3,(H,15,16). The smallest absolute Gasteiger partial charge is 0.335 e. The summed E-state index contributed by atoms with van der Waals surface area (Å²) in [6, 6.07) is 6.56. The van der Waals surface area contributed by atoms with Crippen LogP contribution in [0.1, 0.15) is 22.8 Å². The molecule has 1 aromatic rings. The lowest BCUT2D eigenvalue weighted by Gasteiger charge is -2.05. The Balaban J connectivity index is 2.44. The summed E-state index contributed by atoms with van der Waals surface area (Å²) in [4.78, 5) is 21.8. The van der Waals surface area contributed by atoms with Crippen molar-refractivity contribution in [3.8, 4) is 0 Å². The number of aromatic carboxylic acids is 1. The van der Waals surface area contributed by atoms with Crippen LogP contribution in [0.15, 0.2) is 24.3 Å². The zero-order chi connectivity index (χ0) is 12.7. The van der Waals surface area contributed by atoms with Gasteiger partial charge in [-0.15, -0.1) is 0 Å². The zero-order valence-electron chi connectivity index (χ0n) is 9.60. The molecule has 1 rings (SSSR count). The number of ether oxygens (including phenoxy) is 1. The third kappa shape index (κ3) is 4.65. The summed E-state index contributed by atoms with van der Waals surface area (Å²) in [6.07, 6.45) is 0. The number of rotatable bonds is 6. The molecule has 0 aliphatic rings. The van der Waals surface area contributed by atoms with Crippen molar-refractivity contribution < 1.29 is 19.4 Å². The Morgan fingerprint density at radius 3 is 2.82 bits per heavy atom. The van der Waals surface area contributed by atoms with Gasteiger partial charge in [0, 0.05) is 6.54 Å². The summed E-state index contributed by atoms with van der Waals surface area (Å²) in [5.41, 5.74) is 1.05. The third-order valence-corrected chi connectivity index (χ3v) is 2.08. The topological polar surface area (TPSA) is 75.6 Å². The van der Waals surface area contributed by atoms with Crippen molar-refractivity contribution in [1.82, 2.24) is 5.32 Å². The van der Waals surface area contributed by atoms with E-state index < -0.39 is 5.97 Å². The first-order valence-corrected chi connectivity index (χ1v) is 5.32. The highest BCUT2D eigenvalue weighted by Crippen LogP contribution is 2.04. The minimum absolute atomic E-state index is 0.116. The summed E-state index contributed by atoms with van der Waals surface area (Å²) in [5, 5.41) is 11.7. The fraction of sp³-hybridized carbons (Fsp3) is 0.333. The van der Waals surface area contributed by atoms with Gasteiger partial charge in [-0.3, -0.25) is 4.79 Å². The molecule has 0 aliphatic carbocycles. The number of carboxylic acids is 1. The van der Waals surface area contributed by atoms with E-state index in [1.807, 2.05) is 0 Å². The number of carbonyl (C=O) groups is 2. The molecular formula is C12H15NO4. The Labute approximate surface area is 99.4 Å². The van der Waals surface area contributed by atoms with Gasteiger partial charge in [-0.1, -0.05) is 12.1 Å². The Morgan fingerprint density at radius 1 is 1.41 bits per heavy atom. The van der Waals surface area contributed by atoms with Crippen LogP contribution in [-0.2, 0) is 16.1 Å². The van der Waals surface area contributed by atoms with Crippen LogP contribution in [0.2, 0.25) is 0 Å². The van der Waals surface area contributed by atoms with Crippen molar-refractivity contribution in [2.45, 2.75) is 13.5 Å². The van der Waals surface area contributed by atoms with Gasteiger partial charge in [-0.2, -0.15) is 0 Å². The van der Waals surface area contributed by atoms with Gasteiger partial charge in [0.25, 0.3) is 0 Å². The molecule has 0 spiro atoms. The molecule has 1 aromatic carbocycles. The van der Waals surface area contributed by atoms with Crippen molar-refractivity contribution in [1.29, 1.82) is 0 Å². The SMILES string of the molecule is CCOC(=O)CNCc1cccc(C(=O)O)c1. The first-order chi connectivity index (χ1) is 8.13. The fourth-order valence-electron chi connectivity index (χ4n) is 1.34. The average Bonchev–Trinajstić information content (AvgIpc) is 2.30. The van der Waals surface area contributed by atoms with Crippen LogP contribution in [0.25, 0.3) is 0 Å². The minimum Gasteiger partial charge on any atom is -0.478 e. The molecule has 0 fully saturated rings. The molecule has 5 nitrogen and oxygen atoms in total. The van der Waals surface area contributed by atoms with E-state index in [1.54, 1.807) is 25.1 Å². The molecule has 17 heavy (non-hydrogen) atoms. The summed E-state index contributed by atoms with van der Waals surface area (Å²) in [5.74, 6) is -1.28. The maximum atomic E-state index is 11.0. The molecule has 0 amide bonds. The van der Waals surface area contributed by atoms with E-state index in [9.17, 15) is 9.59 Å². The van der Waals surface area contributed by atoms with Crippen LogP contribution in [0.5, 0.6) is 0 Å². The van der Waals surface area contributed by atoms with E-state index in [2.05, 4.69) is 5.32 Å². The fourth-order valence-corrected chi connectivity index (χ4v) is 1.34. The Morgan fingerprint density at radius 2 is 2.18 bits per heavy atom. The van der Waals surface area contributed by atoms with E-state index in [0.717, 1.165) is 5.56 Å². The highest BCUT2D eigenvalue weighted by Gasteiger charge is 2.04. The molecule has 2 N–H and O–H groups in total. The second kappa shape index (κ2) is 6.65. The predicted molar refractivity (Wildman–Crippen MR) is 61.7 cm³/mol. The Hall–Kier alpha value is -1.88. The molecule has 0 unspecified atom stereocenters. The quantitative estimate of drug-likeness (QED) is 0.723. The van der Waals surface area contributed by atoms with Crippen LogP contribution in [0.4, 0.5) is 0 Å². The van der Waals surface area contributed by atoms with Gasteiger partial charge in [-0.05, 0) is 24.6 Å². The van der Waals surface area contributed by atoms with Gasteiger partial charge < -0.3 is 15.2 Å². The normalized spacial score (nSPS) is 9.94. The van der Waals surface area contributed by atoms with Gasteiger partial charge in [0.15, 0.2) is 0 Å². The second-order valence-electron chi connectivity index (χ2n) is 3.41. The van der Waals surface area contributed by atoms with Crippen LogP contribution in [0, 0.1) is 0 Å². The number of esters is 1. The first-order valence-electron chi connectivity index (χ1n) is 5.32. The molecule has 5 heteroatoms. The summed E-state index contributed by atoms with van der Waals surface area (Å²) in [7, 11) is 0. The van der Waals surface area contributed by atoms with Gasteiger partial charge in [-0.25, -0.2) is 4.79 Å². The molecule has 0 saturated heterocycles. The first kappa shape index (κ1) is 13.2. The monoisotopic (exact) mass is 237 g/mol.